The number of amides is 2. The molecule has 2 N–H and O–H groups in total. The number of primary amides is 1. The van der Waals surface area contributed by atoms with Crippen LogP contribution in [0.15, 0.2) is 0 Å². The smallest absolute Gasteiger partial charge is 0.236 e. The minimum atomic E-state index is -0.278. The van der Waals surface area contributed by atoms with Gasteiger partial charge in [0.2, 0.25) is 11.8 Å². The van der Waals surface area contributed by atoms with Gasteiger partial charge in [0, 0.05) is 45.8 Å². The molecule has 6 nitrogen and oxygen atoms in total. The lowest BCUT2D eigenvalue weighted by molar-refractivity contribution is -0.136. The molecule has 0 aliphatic carbocycles. The van der Waals surface area contributed by atoms with Gasteiger partial charge in [-0.25, -0.2) is 0 Å². The zero-order valence-electron chi connectivity index (χ0n) is 14.0. The van der Waals surface area contributed by atoms with Crippen molar-refractivity contribution >= 4 is 11.8 Å². The van der Waals surface area contributed by atoms with E-state index in [1.807, 2.05) is 4.90 Å². The maximum atomic E-state index is 12.4. The first-order valence-corrected chi connectivity index (χ1v) is 8.47. The number of piperidine rings is 1. The molecule has 2 aliphatic heterocycles. The van der Waals surface area contributed by atoms with Gasteiger partial charge < -0.3 is 15.5 Å². The van der Waals surface area contributed by atoms with Crippen molar-refractivity contribution in [1.29, 1.82) is 0 Å². The molecule has 0 bridgehead atoms. The highest BCUT2D eigenvalue weighted by molar-refractivity contribution is 5.81. The number of nitrogens with zero attached hydrogens (tertiary/aromatic N) is 3. The molecule has 0 saturated carbocycles. The van der Waals surface area contributed by atoms with E-state index in [1.54, 1.807) is 0 Å². The summed E-state index contributed by atoms with van der Waals surface area (Å²) >= 11 is 0. The summed E-state index contributed by atoms with van der Waals surface area (Å²) in [6.07, 6.45) is 1.69. The molecule has 2 fully saturated rings. The maximum Gasteiger partial charge on any atom is 0.236 e. The molecule has 1 unspecified atom stereocenters. The number of likely N-dealkylation sites (tertiary alicyclic amines) is 1. The van der Waals surface area contributed by atoms with Crippen molar-refractivity contribution in [2.75, 3.05) is 52.4 Å². The number of hydrogen-bond donors (Lipinski definition) is 1. The third-order valence-corrected chi connectivity index (χ3v) is 4.62. The fourth-order valence-electron chi connectivity index (χ4n) is 3.37. The number of nitrogens with two attached hydrogens (primary N) is 1. The van der Waals surface area contributed by atoms with Crippen LogP contribution in [0.5, 0.6) is 0 Å². The second kappa shape index (κ2) is 7.92. The monoisotopic (exact) mass is 310 g/mol. The maximum absolute atomic E-state index is 12.4. The van der Waals surface area contributed by atoms with Crippen molar-refractivity contribution in [2.24, 2.45) is 17.6 Å². The molecule has 0 radical (unpaired) electrons. The van der Waals surface area contributed by atoms with Crippen LogP contribution in [0.4, 0.5) is 0 Å². The molecule has 6 heteroatoms. The average molecular weight is 310 g/mol. The Hall–Kier alpha value is -1.14. The Bertz CT molecular complexity index is 392. The molecular weight excluding hydrogens is 280 g/mol. The van der Waals surface area contributed by atoms with Crippen molar-refractivity contribution in [2.45, 2.75) is 26.7 Å². The molecule has 2 amide bonds. The van der Waals surface area contributed by atoms with Gasteiger partial charge in [0.15, 0.2) is 0 Å². The Morgan fingerprint density at radius 2 is 1.73 bits per heavy atom. The molecule has 0 aromatic heterocycles. The topological polar surface area (TPSA) is 69.9 Å². The van der Waals surface area contributed by atoms with Crippen LogP contribution in [-0.2, 0) is 9.59 Å². The van der Waals surface area contributed by atoms with Crippen molar-refractivity contribution < 1.29 is 9.59 Å². The van der Waals surface area contributed by atoms with Gasteiger partial charge >= 0.3 is 0 Å². The number of carbonyl (C=O) groups excluding carboxylic acids is 2. The number of carbonyl (C=O) groups is 2. The van der Waals surface area contributed by atoms with Crippen LogP contribution in [0.3, 0.4) is 0 Å². The summed E-state index contributed by atoms with van der Waals surface area (Å²) in [5.41, 5.74) is 5.38. The highest BCUT2D eigenvalue weighted by Gasteiger charge is 2.28. The molecular formula is C16H30N4O2. The number of rotatable bonds is 5. The fraction of sp³-hybridized carbons (Fsp3) is 0.875. The van der Waals surface area contributed by atoms with Crippen LogP contribution in [0.1, 0.15) is 26.7 Å². The Kier molecular flexibility index (Phi) is 6.20. The van der Waals surface area contributed by atoms with Crippen molar-refractivity contribution in [3.05, 3.63) is 0 Å². The summed E-state index contributed by atoms with van der Waals surface area (Å²) in [5.74, 6) is 0.385. The Labute approximate surface area is 133 Å². The van der Waals surface area contributed by atoms with Crippen LogP contribution in [0, 0.1) is 11.8 Å². The van der Waals surface area contributed by atoms with E-state index in [1.165, 1.54) is 0 Å². The summed E-state index contributed by atoms with van der Waals surface area (Å²) in [6.45, 7) is 11.3. The third-order valence-electron chi connectivity index (χ3n) is 4.62. The van der Waals surface area contributed by atoms with Crippen LogP contribution < -0.4 is 5.73 Å². The minimum Gasteiger partial charge on any atom is -0.369 e. The Balaban J connectivity index is 1.74. The molecule has 0 aromatic carbocycles. The molecule has 2 saturated heterocycles. The van der Waals surface area contributed by atoms with Gasteiger partial charge in [-0.2, -0.15) is 0 Å². The van der Waals surface area contributed by atoms with Gasteiger partial charge in [-0.3, -0.25) is 14.5 Å². The summed E-state index contributed by atoms with van der Waals surface area (Å²) < 4.78 is 0. The standard InChI is InChI=1S/C16H30N4O2/c1-13(2)10-18-6-8-19(9-7-18)12-15(21)20-5-3-4-14(11-20)16(17)22/h13-14H,3-12H2,1-2H3,(H2,17,22). The van der Waals surface area contributed by atoms with Gasteiger partial charge in [-0.05, 0) is 18.8 Å². The molecule has 2 rings (SSSR count). The molecule has 22 heavy (non-hydrogen) atoms. The average Bonchev–Trinajstić information content (AvgIpc) is 2.49. The van der Waals surface area contributed by atoms with Crippen molar-refractivity contribution in [3.8, 4) is 0 Å². The lowest BCUT2D eigenvalue weighted by Gasteiger charge is -2.37. The zero-order valence-corrected chi connectivity index (χ0v) is 14.0. The zero-order chi connectivity index (χ0) is 16.1. The van der Waals surface area contributed by atoms with E-state index >= 15 is 0 Å². The largest absolute Gasteiger partial charge is 0.369 e. The van der Waals surface area contributed by atoms with Crippen LogP contribution >= 0.6 is 0 Å². The molecule has 2 heterocycles. The quantitative estimate of drug-likeness (QED) is 0.775. The number of piperazine rings is 1. The van der Waals surface area contributed by atoms with Gasteiger partial charge in [0.1, 0.15) is 0 Å². The third kappa shape index (κ3) is 4.95. The lowest BCUT2D eigenvalue weighted by atomic mass is 9.97. The lowest BCUT2D eigenvalue weighted by Crippen LogP contribution is -2.52. The predicted octanol–water partition coefficient (Wildman–Crippen LogP) is -0.0161. The highest BCUT2D eigenvalue weighted by atomic mass is 16.2. The van der Waals surface area contributed by atoms with E-state index in [2.05, 4.69) is 23.6 Å². The minimum absolute atomic E-state index is 0.142. The van der Waals surface area contributed by atoms with Crippen molar-refractivity contribution in [3.63, 3.8) is 0 Å². The van der Waals surface area contributed by atoms with E-state index < -0.39 is 0 Å². The highest BCUT2D eigenvalue weighted by Crippen LogP contribution is 2.16. The summed E-state index contributed by atoms with van der Waals surface area (Å²) in [5, 5.41) is 0. The van der Waals surface area contributed by atoms with E-state index in [-0.39, 0.29) is 17.7 Å². The van der Waals surface area contributed by atoms with Crippen molar-refractivity contribution in [1.82, 2.24) is 14.7 Å². The molecule has 0 spiro atoms. The summed E-state index contributed by atoms with van der Waals surface area (Å²) in [6, 6.07) is 0. The van der Waals surface area contributed by atoms with E-state index in [0.717, 1.165) is 52.1 Å². The number of hydrogen-bond acceptors (Lipinski definition) is 4. The van der Waals surface area contributed by atoms with E-state index in [0.29, 0.717) is 19.0 Å². The molecule has 1 atom stereocenters. The normalized spacial score (nSPS) is 24.7. The van der Waals surface area contributed by atoms with Gasteiger partial charge in [-0.15, -0.1) is 0 Å². The van der Waals surface area contributed by atoms with E-state index in [4.69, 9.17) is 5.73 Å². The second-order valence-electron chi connectivity index (χ2n) is 7.05. The predicted molar refractivity (Wildman–Crippen MR) is 86.2 cm³/mol. The SMILES string of the molecule is CC(C)CN1CCN(CC(=O)N2CCCC(C(N)=O)C2)CC1. The molecule has 2 aliphatic rings. The van der Waals surface area contributed by atoms with Gasteiger partial charge in [-0.1, -0.05) is 13.8 Å². The second-order valence-corrected chi connectivity index (χ2v) is 7.05. The molecule has 0 aromatic rings. The first-order chi connectivity index (χ1) is 10.5. The van der Waals surface area contributed by atoms with Crippen LogP contribution in [0.2, 0.25) is 0 Å². The Morgan fingerprint density at radius 3 is 2.32 bits per heavy atom. The van der Waals surface area contributed by atoms with Crippen LogP contribution in [0.25, 0.3) is 0 Å². The first kappa shape index (κ1) is 17.2. The van der Waals surface area contributed by atoms with Gasteiger partial charge in [0.25, 0.3) is 0 Å². The van der Waals surface area contributed by atoms with Gasteiger partial charge in [0.05, 0.1) is 12.5 Å². The fourth-order valence-corrected chi connectivity index (χ4v) is 3.37. The van der Waals surface area contributed by atoms with E-state index in [9.17, 15) is 9.59 Å². The molecule has 126 valence electrons. The van der Waals surface area contributed by atoms with Crippen LogP contribution in [-0.4, -0.2) is 78.9 Å². The summed E-state index contributed by atoms with van der Waals surface area (Å²) in [7, 11) is 0. The first-order valence-electron chi connectivity index (χ1n) is 8.47. The Morgan fingerprint density at radius 1 is 1.09 bits per heavy atom. The summed E-state index contributed by atoms with van der Waals surface area (Å²) in [4.78, 5) is 30.2.